The molecular formula is C45H49N3O7. The van der Waals surface area contributed by atoms with Crippen molar-refractivity contribution in [2.45, 2.75) is 57.7 Å². The molecular weight excluding hydrogens is 695 g/mol. The molecule has 4 atom stereocenters. The Balaban J connectivity index is 1.25. The number of allylic oxidation sites excluding steroid dienone is 1. The van der Waals surface area contributed by atoms with Gasteiger partial charge in [-0.15, -0.1) is 4.99 Å². The largest absolute Gasteiger partial charge is 0.670 e. The van der Waals surface area contributed by atoms with Crippen molar-refractivity contribution in [3.63, 3.8) is 0 Å². The molecule has 2 heterocycles. The lowest BCUT2D eigenvalue weighted by Gasteiger charge is -2.26. The number of hydrogen-bond acceptors (Lipinski definition) is 9. The van der Waals surface area contributed by atoms with Crippen LogP contribution in [-0.2, 0) is 30.5 Å². The quantitative estimate of drug-likeness (QED) is 0.0353. The first-order chi connectivity index (χ1) is 26.7. The molecule has 4 unspecified atom stereocenters. The molecule has 6 rings (SSSR count). The average molecular weight is 744 g/mol. The molecule has 1 aromatic heterocycles. The van der Waals surface area contributed by atoms with Gasteiger partial charge in [0.1, 0.15) is 24.6 Å². The van der Waals surface area contributed by atoms with Crippen molar-refractivity contribution in [3.05, 3.63) is 137 Å². The Hall–Kier alpha value is -5.55. The van der Waals surface area contributed by atoms with Gasteiger partial charge >= 0.3 is 0 Å². The number of ketones is 1. The summed E-state index contributed by atoms with van der Waals surface area (Å²) in [5.74, 6) is -0.269. The van der Waals surface area contributed by atoms with E-state index in [2.05, 4.69) is 39.6 Å². The zero-order chi connectivity index (χ0) is 38.7. The number of ether oxygens (including phenoxy) is 2. The Bertz CT molecular complexity index is 2100. The second-order valence-electron chi connectivity index (χ2n) is 14.3. The monoisotopic (exact) mass is 743 g/mol. The van der Waals surface area contributed by atoms with Crippen LogP contribution in [0.15, 0.2) is 108 Å². The molecule has 1 aliphatic heterocycles. The van der Waals surface area contributed by atoms with Crippen LogP contribution in [0.25, 0.3) is 10.8 Å². The van der Waals surface area contributed by atoms with Gasteiger partial charge in [0.2, 0.25) is 0 Å². The molecule has 0 saturated carbocycles. The number of rotatable bonds is 20. The summed E-state index contributed by atoms with van der Waals surface area (Å²) in [6.07, 6.45) is 7.73. The van der Waals surface area contributed by atoms with Gasteiger partial charge in [0.25, 0.3) is 0 Å². The number of carbonyl (C=O) groups is 1. The van der Waals surface area contributed by atoms with E-state index in [4.69, 9.17) is 9.47 Å². The lowest BCUT2D eigenvalue weighted by atomic mass is 9.81. The van der Waals surface area contributed by atoms with E-state index in [0.717, 1.165) is 44.2 Å². The number of fused-ring (bicyclic) bond motifs is 1. The van der Waals surface area contributed by atoms with Crippen LogP contribution in [0.5, 0.6) is 23.0 Å². The fourth-order valence-corrected chi connectivity index (χ4v) is 7.32. The van der Waals surface area contributed by atoms with Crippen LogP contribution in [-0.4, -0.2) is 65.0 Å². The minimum atomic E-state index is -0.994. The molecule has 1 aliphatic rings. The Morgan fingerprint density at radius 1 is 0.909 bits per heavy atom. The van der Waals surface area contributed by atoms with E-state index in [1.807, 2.05) is 36.4 Å². The molecule has 10 nitrogen and oxygen atoms in total. The first kappa shape index (κ1) is 39.2. The van der Waals surface area contributed by atoms with Gasteiger partial charge in [-0.1, -0.05) is 66.2 Å². The molecule has 0 spiro atoms. The molecule has 4 aromatic carbocycles. The van der Waals surface area contributed by atoms with Crippen molar-refractivity contribution in [2.24, 2.45) is 16.8 Å². The first-order valence-corrected chi connectivity index (χ1v) is 18.7. The number of methoxy groups -OCH3 is 1. The van der Waals surface area contributed by atoms with Crippen LogP contribution in [0, 0.1) is 18.4 Å². The molecule has 10 heteroatoms. The van der Waals surface area contributed by atoms with Gasteiger partial charge in [0.05, 0.1) is 25.4 Å². The normalized spacial score (nSPS) is 14.6. The summed E-state index contributed by atoms with van der Waals surface area (Å²) >= 11 is 0. The van der Waals surface area contributed by atoms with E-state index in [1.54, 1.807) is 63.5 Å². The van der Waals surface area contributed by atoms with E-state index in [0.29, 0.717) is 44.4 Å². The molecule has 0 saturated heterocycles. The number of aliphatic hydroxyl groups excluding tert-OH is 2. The number of hydrogen-bond donors (Lipinski definition) is 5. The number of carbonyl (C=O) groups excluding carboxylic acids is 1. The van der Waals surface area contributed by atoms with Crippen molar-refractivity contribution in [2.75, 3.05) is 20.4 Å². The number of Topliss-reactive ketones (excluding diaryl/α,β-unsaturated/α-hetero) is 1. The third-order valence-electron chi connectivity index (χ3n) is 10.2. The number of benzene rings is 4. The molecule has 5 aromatic rings. The number of aromatic nitrogens is 1. The lowest BCUT2D eigenvalue weighted by Crippen LogP contribution is -2.31. The Morgan fingerprint density at radius 2 is 1.73 bits per heavy atom. The second-order valence-corrected chi connectivity index (χ2v) is 14.3. The number of nitrogens with zero attached hydrogens (tertiary/aromatic N) is 2. The fraction of sp³-hybridized carbons (Fsp3) is 0.311. The van der Waals surface area contributed by atoms with Crippen molar-refractivity contribution in [3.8, 4) is 23.0 Å². The SMILES string of the molecule is COc1c(O)ccc(CC(Cc2cc[n-]c2)C(O)CC(=O)C(CC2=C[CH+]N=C2)Cc2ccc(O)c(OCNCC(C)O)c2)c1Cc1cccc2ccccc12. The van der Waals surface area contributed by atoms with Gasteiger partial charge in [0, 0.05) is 37.3 Å². The van der Waals surface area contributed by atoms with E-state index >= 15 is 0 Å². The van der Waals surface area contributed by atoms with Crippen LogP contribution in [0.2, 0.25) is 0 Å². The van der Waals surface area contributed by atoms with E-state index in [1.165, 1.54) is 0 Å². The highest BCUT2D eigenvalue weighted by molar-refractivity contribution is 5.87. The number of phenols is 2. The summed E-state index contributed by atoms with van der Waals surface area (Å²) in [7, 11) is 1.55. The maximum Gasteiger partial charge on any atom is 0.176 e. The first-order valence-electron chi connectivity index (χ1n) is 18.7. The number of aliphatic imine (C=N–C) groups is 1. The highest BCUT2D eigenvalue weighted by Crippen LogP contribution is 2.38. The Morgan fingerprint density at radius 3 is 2.49 bits per heavy atom. The Kier molecular flexibility index (Phi) is 13.3. The van der Waals surface area contributed by atoms with Crippen molar-refractivity contribution in [1.29, 1.82) is 0 Å². The topological polar surface area (TPSA) is 155 Å². The third kappa shape index (κ3) is 10.4. The van der Waals surface area contributed by atoms with Crippen molar-refractivity contribution < 1.29 is 34.7 Å². The van der Waals surface area contributed by atoms with Crippen LogP contribution in [0.4, 0.5) is 0 Å². The zero-order valence-corrected chi connectivity index (χ0v) is 31.3. The molecule has 286 valence electrons. The minimum Gasteiger partial charge on any atom is -0.670 e. The third-order valence-corrected chi connectivity index (χ3v) is 10.2. The number of aromatic hydroxyl groups is 2. The summed E-state index contributed by atoms with van der Waals surface area (Å²) < 4.78 is 11.5. The zero-order valence-electron chi connectivity index (χ0n) is 31.3. The van der Waals surface area contributed by atoms with Crippen LogP contribution in [0.3, 0.4) is 0 Å². The highest BCUT2D eigenvalue weighted by Gasteiger charge is 2.31. The van der Waals surface area contributed by atoms with Gasteiger partial charge in [-0.3, -0.25) is 10.1 Å². The predicted octanol–water partition coefficient (Wildman–Crippen LogP) is 6.26. The minimum absolute atomic E-state index is 0.0309. The summed E-state index contributed by atoms with van der Waals surface area (Å²) in [4.78, 5) is 22.7. The van der Waals surface area contributed by atoms with Crippen LogP contribution < -0.4 is 19.8 Å². The second kappa shape index (κ2) is 18.7. The molecule has 55 heavy (non-hydrogen) atoms. The molecule has 0 amide bonds. The smallest absolute Gasteiger partial charge is 0.176 e. The van der Waals surface area contributed by atoms with E-state index in [9.17, 15) is 25.2 Å². The lowest BCUT2D eigenvalue weighted by molar-refractivity contribution is -0.125. The van der Waals surface area contributed by atoms with Crippen LogP contribution >= 0.6 is 0 Å². The molecule has 0 fully saturated rings. The van der Waals surface area contributed by atoms with Crippen molar-refractivity contribution in [1.82, 2.24) is 10.3 Å². The standard InChI is InChI=1S/C45H49N3O7/c1-29(49)25-48-28-55-44-21-30(10-12-40(44)50)18-36(19-31-14-16-46-26-31)42(52)24-43(53)37(20-32-15-17-47-27-32)22-35-11-13-41(51)45(54-2)39(35)23-34-8-5-7-33-6-3-4-9-38(33)34/h3-17,21,26-27,29,36-37,43,48-51,53H,18-20,22-25,28H2,1-2H3. The van der Waals surface area contributed by atoms with Crippen LogP contribution in [0.1, 0.15) is 47.6 Å². The van der Waals surface area contributed by atoms with Gasteiger partial charge in [-0.2, -0.15) is 12.4 Å². The number of phenolic OH excluding ortho intramolecular Hbond substituents is 2. The van der Waals surface area contributed by atoms with Gasteiger partial charge < -0.3 is 34.9 Å². The summed E-state index contributed by atoms with van der Waals surface area (Å²) in [5, 5.41) is 48.1. The maximum absolute atomic E-state index is 14.3. The number of aliphatic hydroxyl groups is 2. The molecule has 0 bridgehead atoms. The summed E-state index contributed by atoms with van der Waals surface area (Å²) in [6, 6.07) is 24.8. The Labute approximate surface area is 322 Å². The fourth-order valence-electron chi connectivity index (χ4n) is 7.32. The predicted molar refractivity (Wildman–Crippen MR) is 214 cm³/mol. The van der Waals surface area contributed by atoms with Gasteiger partial charge in [-0.05, 0) is 77.8 Å². The summed E-state index contributed by atoms with van der Waals surface area (Å²) in [6.45, 7) is 3.79. The van der Waals surface area contributed by atoms with Gasteiger partial charge in [0.15, 0.2) is 29.2 Å². The maximum atomic E-state index is 14.3. The van der Waals surface area contributed by atoms with Crippen molar-refractivity contribution >= 4 is 22.8 Å². The summed E-state index contributed by atoms with van der Waals surface area (Å²) in [5.41, 5.74) is 5.49. The van der Waals surface area contributed by atoms with E-state index in [-0.39, 0.29) is 42.1 Å². The average Bonchev–Trinajstić information content (AvgIpc) is 3.90. The molecule has 5 N–H and O–H groups in total. The highest BCUT2D eigenvalue weighted by atomic mass is 16.5. The molecule has 0 aliphatic carbocycles. The number of nitrogens with one attached hydrogen (secondary N) is 1. The van der Waals surface area contributed by atoms with E-state index < -0.39 is 18.1 Å². The molecule has 0 radical (unpaired) electrons. The van der Waals surface area contributed by atoms with Gasteiger partial charge in [-0.25, -0.2) is 0 Å².